The zero-order valence-corrected chi connectivity index (χ0v) is 13.5. The first kappa shape index (κ1) is 17.9. The van der Waals surface area contributed by atoms with Crippen LogP contribution in [0.1, 0.15) is 32.6 Å². The quantitative estimate of drug-likeness (QED) is 0.294. The van der Waals surface area contributed by atoms with E-state index in [4.69, 9.17) is 15.2 Å². The molecule has 1 rings (SSSR count). The van der Waals surface area contributed by atoms with Gasteiger partial charge in [-0.25, -0.2) is 0 Å². The van der Waals surface area contributed by atoms with E-state index >= 15 is 0 Å². The van der Waals surface area contributed by atoms with Crippen LogP contribution in [0.15, 0.2) is 4.99 Å². The lowest BCUT2D eigenvalue weighted by atomic mass is 10.3. The molecule has 0 amide bonds. The Bertz CT molecular complexity index is 221. The minimum absolute atomic E-state index is 0. The number of nitrogens with zero attached hydrogens (tertiary/aromatic N) is 1. The highest BCUT2D eigenvalue weighted by Gasteiger charge is 2.14. The van der Waals surface area contributed by atoms with Crippen molar-refractivity contribution in [2.75, 3.05) is 32.9 Å². The molecule has 0 aromatic rings. The number of nitrogens with two attached hydrogens (primary N) is 1. The highest BCUT2D eigenvalue weighted by Crippen LogP contribution is 2.07. The molecule has 1 atom stereocenters. The van der Waals surface area contributed by atoms with Crippen LogP contribution in [-0.4, -0.2) is 45.0 Å². The van der Waals surface area contributed by atoms with Crippen LogP contribution in [0, 0.1) is 0 Å². The van der Waals surface area contributed by atoms with Crippen molar-refractivity contribution in [2.45, 2.75) is 38.7 Å². The fourth-order valence-corrected chi connectivity index (χ4v) is 1.61. The van der Waals surface area contributed by atoms with Crippen molar-refractivity contribution in [3.63, 3.8) is 0 Å². The molecular formula is C12H26IN3O2. The minimum Gasteiger partial charge on any atom is -0.379 e. The Balaban J connectivity index is 0.00000289. The summed E-state index contributed by atoms with van der Waals surface area (Å²) in [6.45, 7) is 6.08. The lowest BCUT2D eigenvalue weighted by Crippen LogP contribution is -2.32. The van der Waals surface area contributed by atoms with E-state index in [-0.39, 0.29) is 24.0 Å². The van der Waals surface area contributed by atoms with Gasteiger partial charge < -0.3 is 20.5 Å². The van der Waals surface area contributed by atoms with Gasteiger partial charge in [0.1, 0.15) is 0 Å². The lowest BCUT2D eigenvalue weighted by Gasteiger charge is -2.08. The summed E-state index contributed by atoms with van der Waals surface area (Å²) in [6.07, 6.45) is 4.51. The second kappa shape index (κ2) is 12.0. The molecule has 0 saturated carbocycles. The molecule has 1 saturated heterocycles. The number of hydrogen-bond donors (Lipinski definition) is 2. The highest BCUT2D eigenvalue weighted by atomic mass is 127. The number of nitrogens with one attached hydrogen (secondary N) is 1. The van der Waals surface area contributed by atoms with E-state index in [1.54, 1.807) is 0 Å². The number of halogens is 1. The smallest absolute Gasteiger partial charge is 0.188 e. The second-order valence-electron chi connectivity index (χ2n) is 4.26. The third-order valence-corrected chi connectivity index (χ3v) is 2.66. The number of hydrogen-bond acceptors (Lipinski definition) is 3. The van der Waals surface area contributed by atoms with Crippen molar-refractivity contribution in [3.05, 3.63) is 0 Å². The van der Waals surface area contributed by atoms with Crippen LogP contribution in [0.5, 0.6) is 0 Å². The molecule has 0 radical (unpaired) electrons. The van der Waals surface area contributed by atoms with E-state index < -0.39 is 0 Å². The highest BCUT2D eigenvalue weighted by molar-refractivity contribution is 14.0. The largest absolute Gasteiger partial charge is 0.379 e. The average molecular weight is 371 g/mol. The maximum atomic E-state index is 5.70. The van der Waals surface area contributed by atoms with Gasteiger partial charge in [0.05, 0.1) is 12.7 Å². The van der Waals surface area contributed by atoms with Crippen LogP contribution >= 0.6 is 24.0 Å². The van der Waals surface area contributed by atoms with E-state index in [9.17, 15) is 0 Å². The van der Waals surface area contributed by atoms with E-state index in [1.165, 1.54) is 0 Å². The van der Waals surface area contributed by atoms with Crippen LogP contribution in [0.3, 0.4) is 0 Å². The predicted octanol–water partition coefficient (Wildman–Crippen LogP) is 1.50. The first-order valence-electron chi connectivity index (χ1n) is 6.56. The van der Waals surface area contributed by atoms with E-state index in [0.29, 0.717) is 12.1 Å². The van der Waals surface area contributed by atoms with Crippen molar-refractivity contribution in [3.8, 4) is 0 Å². The molecule has 1 fully saturated rings. The number of ether oxygens (including phenoxy) is 2. The molecule has 6 heteroatoms. The number of aliphatic imine (C=N–C) groups is 1. The van der Waals surface area contributed by atoms with Crippen LogP contribution in [0.25, 0.3) is 0 Å². The standard InChI is InChI=1S/C12H25N3O2.HI/c1-2-3-6-14-12(13)15-7-4-8-17-11-5-9-16-10-11;/h11H,2-10H2,1H3,(H3,13,14,15);1H. The Hall–Kier alpha value is -0.0800. The van der Waals surface area contributed by atoms with Crippen molar-refractivity contribution < 1.29 is 9.47 Å². The predicted molar refractivity (Wildman–Crippen MR) is 84.6 cm³/mol. The van der Waals surface area contributed by atoms with Gasteiger partial charge in [-0.1, -0.05) is 13.3 Å². The molecule has 3 N–H and O–H groups in total. The van der Waals surface area contributed by atoms with Gasteiger partial charge in [0.15, 0.2) is 5.96 Å². The first-order valence-corrected chi connectivity index (χ1v) is 6.56. The summed E-state index contributed by atoms with van der Waals surface area (Å²) in [6, 6.07) is 0. The molecule has 1 aliphatic heterocycles. The van der Waals surface area contributed by atoms with Gasteiger partial charge >= 0.3 is 0 Å². The Morgan fingerprint density at radius 3 is 3.00 bits per heavy atom. The molecule has 0 aliphatic carbocycles. The SMILES string of the molecule is CCCCNC(N)=NCCCOC1CCOC1.I. The number of unbranched alkanes of at least 4 members (excludes halogenated alkanes) is 1. The summed E-state index contributed by atoms with van der Waals surface area (Å²) in [4.78, 5) is 4.23. The van der Waals surface area contributed by atoms with Crippen molar-refractivity contribution >= 4 is 29.9 Å². The molecule has 108 valence electrons. The van der Waals surface area contributed by atoms with E-state index in [0.717, 1.165) is 58.6 Å². The number of rotatable bonds is 8. The Morgan fingerprint density at radius 1 is 1.50 bits per heavy atom. The maximum absolute atomic E-state index is 5.70. The summed E-state index contributed by atoms with van der Waals surface area (Å²) in [7, 11) is 0. The summed E-state index contributed by atoms with van der Waals surface area (Å²) >= 11 is 0. The number of guanidine groups is 1. The van der Waals surface area contributed by atoms with Gasteiger partial charge in [-0.15, -0.1) is 24.0 Å². The van der Waals surface area contributed by atoms with Crippen LogP contribution in [0.2, 0.25) is 0 Å². The molecule has 0 spiro atoms. The average Bonchev–Trinajstić information content (AvgIpc) is 2.82. The summed E-state index contributed by atoms with van der Waals surface area (Å²) < 4.78 is 10.9. The zero-order valence-electron chi connectivity index (χ0n) is 11.2. The van der Waals surface area contributed by atoms with Gasteiger partial charge in [-0.05, 0) is 19.3 Å². The van der Waals surface area contributed by atoms with Crippen LogP contribution in [-0.2, 0) is 9.47 Å². The fourth-order valence-electron chi connectivity index (χ4n) is 1.61. The van der Waals surface area contributed by atoms with Gasteiger partial charge in [0.25, 0.3) is 0 Å². The molecule has 0 aromatic heterocycles. The molecule has 0 bridgehead atoms. The summed E-state index contributed by atoms with van der Waals surface area (Å²) in [5.74, 6) is 0.544. The molecular weight excluding hydrogens is 345 g/mol. The molecule has 1 unspecified atom stereocenters. The maximum Gasteiger partial charge on any atom is 0.188 e. The zero-order chi connectivity index (χ0) is 12.3. The molecule has 1 heterocycles. The first-order chi connectivity index (χ1) is 8.33. The lowest BCUT2D eigenvalue weighted by molar-refractivity contribution is 0.0424. The van der Waals surface area contributed by atoms with Crippen molar-refractivity contribution in [1.82, 2.24) is 5.32 Å². The summed E-state index contributed by atoms with van der Waals surface area (Å²) in [5.41, 5.74) is 5.70. The van der Waals surface area contributed by atoms with E-state index in [2.05, 4.69) is 17.2 Å². The summed E-state index contributed by atoms with van der Waals surface area (Å²) in [5, 5.41) is 3.08. The Labute approximate surface area is 127 Å². The second-order valence-corrected chi connectivity index (χ2v) is 4.26. The topological polar surface area (TPSA) is 68.9 Å². The monoisotopic (exact) mass is 371 g/mol. The van der Waals surface area contributed by atoms with Crippen molar-refractivity contribution in [2.24, 2.45) is 10.7 Å². The minimum atomic E-state index is 0. The van der Waals surface area contributed by atoms with E-state index in [1.807, 2.05) is 0 Å². The van der Waals surface area contributed by atoms with Crippen LogP contribution < -0.4 is 11.1 Å². The van der Waals surface area contributed by atoms with Gasteiger partial charge in [0.2, 0.25) is 0 Å². The van der Waals surface area contributed by atoms with Gasteiger partial charge in [-0.2, -0.15) is 0 Å². The Morgan fingerprint density at radius 2 is 2.33 bits per heavy atom. The fraction of sp³-hybridized carbons (Fsp3) is 0.917. The third-order valence-electron chi connectivity index (χ3n) is 2.66. The molecule has 5 nitrogen and oxygen atoms in total. The van der Waals surface area contributed by atoms with Crippen molar-refractivity contribution in [1.29, 1.82) is 0 Å². The Kier molecular flexibility index (Phi) is 11.9. The third kappa shape index (κ3) is 8.93. The van der Waals surface area contributed by atoms with Gasteiger partial charge in [-0.3, -0.25) is 4.99 Å². The normalized spacial score (nSPS) is 19.6. The molecule has 1 aliphatic rings. The van der Waals surface area contributed by atoms with Crippen LogP contribution in [0.4, 0.5) is 0 Å². The molecule has 0 aromatic carbocycles. The van der Waals surface area contributed by atoms with Gasteiger partial charge in [0, 0.05) is 26.3 Å². The molecule has 18 heavy (non-hydrogen) atoms.